The maximum Gasteiger partial charge on any atom is 0.0795 e. The van der Waals surface area contributed by atoms with E-state index in [0.717, 1.165) is 19.3 Å². The van der Waals surface area contributed by atoms with E-state index in [1.165, 1.54) is 19.3 Å². The van der Waals surface area contributed by atoms with Crippen LogP contribution in [0.1, 0.15) is 51.9 Å². The summed E-state index contributed by atoms with van der Waals surface area (Å²) in [6.07, 6.45) is 5.69. The van der Waals surface area contributed by atoms with E-state index in [-0.39, 0.29) is 6.61 Å². The first kappa shape index (κ1) is 13.9. The maximum atomic E-state index is 9.44. The van der Waals surface area contributed by atoms with Crippen molar-refractivity contribution in [1.29, 1.82) is 0 Å². The second kappa shape index (κ2) is 9.44. The zero-order valence-corrected chi connectivity index (χ0v) is 9.15. The molecule has 0 saturated heterocycles. The molecule has 0 heterocycles. The van der Waals surface area contributed by atoms with Crippen LogP contribution in [0.2, 0.25) is 0 Å². The summed E-state index contributed by atoms with van der Waals surface area (Å²) in [7, 11) is 0. The van der Waals surface area contributed by atoms with E-state index in [1.54, 1.807) is 0 Å². The molecule has 3 N–H and O–H groups in total. The smallest absolute Gasteiger partial charge is 0.0795 e. The first-order chi connectivity index (χ1) is 6.70. The first-order valence-corrected chi connectivity index (χ1v) is 5.67. The predicted octanol–water partition coefficient (Wildman–Crippen LogP) is 1.45. The zero-order valence-electron chi connectivity index (χ0n) is 9.15. The Kier molecular flexibility index (Phi) is 9.35. The third kappa shape index (κ3) is 8.48. The largest absolute Gasteiger partial charge is 0.394 e. The van der Waals surface area contributed by atoms with Crippen LogP contribution in [0.25, 0.3) is 0 Å². The molecule has 0 fully saturated rings. The first-order valence-electron chi connectivity index (χ1n) is 5.67. The molecule has 0 aliphatic heterocycles. The van der Waals surface area contributed by atoms with E-state index in [0.29, 0.717) is 6.42 Å². The van der Waals surface area contributed by atoms with E-state index >= 15 is 0 Å². The van der Waals surface area contributed by atoms with Crippen molar-refractivity contribution >= 4 is 0 Å². The Balaban J connectivity index is 3.22. The van der Waals surface area contributed by atoms with Gasteiger partial charge in [0.05, 0.1) is 18.8 Å². The number of hydrogen-bond acceptors (Lipinski definition) is 3. The molecule has 3 nitrogen and oxygen atoms in total. The lowest BCUT2D eigenvalue weighted by Gasteiger charge is -2.13. The van der Waals surface area contributed by atoms with Crippen LogP contribution in [-0.4, -0.2) is 34.1 Å². The van der Waals surface area contributed by atoms with Crippen molar-refractivity contribution in [2.45, 2.75) is 64.1 Å². The SMILES string of the molecule is CCCCCCCC(O)CC(O)CO. The van der Waals surface area contributed by atoms with Gasteiger partial charge >= 0.3 is 0 Å². The normalized spacial score (nSPS) is 15.4. The van der Waals surface area contributed by atoms with Crippen LogP contribution in [0.15, 0.2) is 0 Å². The van der Waals surface area contributed by atoms with Crippen molar-refractivity contribution in [3.63, 3.8) is 0 Å². The van der Waals surface area contributed by atoms with E-state index in [1.807, 2.05) is 0 Å². The fourth-order valence-corrected chi connectivity index (χ4v) is 1.49. The molecular formula is C11H24O3. The minimum Gasteiger partial charge on any atom is -0.394 e. The van der Waals surface area contributed by atoms with E-state index in [4.69, 9.17) is 10.2 Å². The van der Waals surface area contributed by atoms with Gasteiger partial charge in [0.2, 0.25) is 0 Å². The summed E-state index contributed by atoms with van der Waals surface area (Å²) in [6, 6.07) is 0. The monoisotopic (exact) mass is 204 g/mol. The molecule has 0 radical (unpaired) electrons. The summed E-state index contributed by atoms with van der Waals surface area (Å²) in [5, 5.41) is 27.1. The lowest BCUT2D eigenvalue weighted by Crippen LogP contribution is -2.20. The van der Waals surface area contributed by atoms with Gasteiger partial charge in [-0.15, -0.1) is 0 Å². The highest BCUT2D eigenvalue weighted by molar-refractivity contribution is 4.62. The summed E-state index contributed by atoms with van der Waals surface area (Å²) >= 11 is 0. The molecule has 0 bridgehead atoms. The van der Waals surface area contributed by atoms with Gasteiger partial charge in [-0.2, -0.15) is 0 Å². The molecule has 86 valence electrons. The van der Waals surface area contributed by atoms with Crippen LogP contribution in [0.4, 0.5) is 0 Å². The molecule has 0 aromatic rings. The molecule has 2 atom stereocenters. The van der Waals surface area contributed by atoms with Gasteiger partial charge in [-0.25, -0.2) is 0 Å². The van der Waals surface area contributed by atoms with Crippen LogP contribution in [-0.2, 0) is 0 Å². The molecule has 0 aliphatic carbocycles. The fraction of sp³-hybridized carbons (Fsp3) is 1.00. The maximum absolute atomic E-state index is 9.44. The van der Waals surface area contributed by atoms with Crippen LogP contribution in [0, 0.1) is 0 Å². The molecule has 0 saturated carbocycles. The van der Waals surface area contributed by atoms with Gasteiger partial charge in [-0.3, -0.25) is 0 Å². The highest BCUT2D eigenvalue weighted by atomic mass is 16.3. The minimum absolute atomic E-state index is 0.257. The highest BCUT2D eigenvalue weighted by Gasteiger charge is 2.10. The van der Waals surface area contributed by atoms with Gasteiger partial charge in [-0.05, 0) is 6.42 Å². The van der Waals surface area contributed by atoms with Crippen LogP contribution in [0.5, 0.6) is 0 Å². The molecule has 0 aromatic carbocycles. The van der Waals surface area contributed by atoms with E-state index < -0.39 is 12.2 Å². The highest BCUT2D eigenvalue weighted by Crippen LogP contribution is 2.10. The Morgan fingerprint density at radius 2 is 1.57 bits per heavy atom. The topological polar surface area (TPSA) is 60.7 Å². The Bertz CT molecular complexity index is 117. The third-order valence-electron chi connectivity index (χ3n) is 2.40. The number of unbranched alkanes of at least 4 members (excludes halogenated alkanes) is 4. The number of rotatable bonds is 9. The predicted molar refractivity (Wildman–Crippen MR) is 57.1 cm³/mol. The van der Waals surface area contributed by atoms with Crippen molar-refractivity contribution in [2.24, 2.45) is 0 Å². The summed E-state index contributed by atoms with van der Waals surface area (Å²) in [5.41, 5.74) is 0. The third-order valence-corrected chi connectivity index (χ3v) is 2.40. The molecule has 0 aliphatic rings. The van der Waals surface area contributed by atoms with Crippen molar-refractivity contribution in [2.75, 3.05) is 6.61 Å². The fourth-order valence-electron chi connectivity index (χ4n) is 1.49. The van der Waals surface area contributed by atoms with E-state index in [2.05, 4.69) is 6.92 Å². The Morgan fingerprint density at radius 3 is 2.14 bits per heavy atom. The molecule has 0 amide bonds. The summed E-state index contributed by atoms with van der Waals surface area (Å²) < 4.78 is 0. The molecule has 14 heavy (non-hydrogen) atoms. The van der Waals surface area contributed by atoms with Crippen molar-refractivity contribution in [3.05, 3.63) is 0 Å². The molecule has 0 rings (SSSR count). The van der Waals surface area contributed by atoms with E-state index in [9.17, 15) is 5.11 Å². The quantitative estimate of drug-likeness (QED) is 0.498. The molecule has 0 aromatic heterocycles. The van der Waals surface area contributed by atoms with Crippen molar-refractivity contribution in [3.8, 4) is 0 Å². The van der Waals surface area contributed by atoms with Gasteiger partial charge in [0.15, 0.2) is 0 Å². The molecule has 3 heteroatoms. The zero-order chi connectivity index (χ0) is 10.8. The van der Waals surface area contributed by atoms with Crippen molar-refractivity contribution < 1.29 is 15.3 Å². The molecule has 2 unspecified atom stereocenters. The Hall–Kier alpha value is -0.120. The number of aliphatic hydroxyl groups excluding tert-OH is 3. The molecular weight excluding hydrogens is 180 g/mol. The van der Waals surface area contributed by atoms with Gasteiger partial charge in [0.25, 0.3) is 0 Å². The minimum atomic E-state index is -0.763. The number of hydrogen-bond donors (Lipinski definition) is 3. The van der Waals surface area contributed by atoms with Gasteiger partial charge in [0.1, 0.15) is 0 Å². The average Bonchev–Trinajstić information content (AvgIpc) is 2.17. The summed E-state index contributed by atoms with van der Waals surface area (Å²) in [5.74, 6) is 0. The van der Waals surface area contributed by atoms with Crippen LogP contribution in [0.3, 0.4) is 0 Å². The average molecular weight is 204 g/mol. The standard InChI is InChI=1S/C11H24O3/c1-2-3-4-5-6-7-10(13)8-11(14)9-12/h10-14H,2-9H2,1H3. The van der Waals surface area contributed by atoms with Gasteiger partial charge in [-0.1, -0.05) is 39.0 Å². The Labute approximate surface area is 86.8 Å². The molecule has 0 spiro atoms. The second-order valence-corrected chi connectivity index (χ2v) is 3.93. The Morgan fingerprint density at radius 1 is 0.929 bits per heavy atom. The second-order valence-electron chi connectivity index (χ2n) is 3.93. The van der Waals surface area contributed by atoms with Gasteiger partial charge < -0.3 is 15.3 Å². The van der Waals surface area contributed by atoms with Gasteiger partial charge in [0, 0.05) is 6.42 Å². The lowest BCUT2D eigenvalue weighted by molar-refractivity contribution is 0.0380. The van der Waals surface area contributed by atoms with Crippen LogP contribution < -0.4 is 0 Å². The number of aliphatic hydroxyl groups is 3. The van der Waals surface area contributed by atoms with Crippen LogP contribution >= 0.6 is 0 Å². The summed E-state index contributed by atoms with van der Waals surface area (Å²) in [4.78, 5) is 0. The lowest BCUT2D eigenvalue weighted by atomic mass is 10.0. The van der Waals surface area contributed by atoms with Crippen molar-refractivity contribution in [1.82, 2.24) is 0 Å². The summed E-state index contributed by atoms with van der Waals surface area (Å²) in [6.45, 7) is 1.92.